The highest BCUT2D eigenvalue weighted by molar-refractivity contribution is 7.71. The molecular formula is C18H21N5OS. The number of rotatable bonds is 4. The first-order chi connectivity index (χ1) is 12.1. The Hall–Kier alpha value is -2.41. The minimum atomic E-state index is -0.0553. The summed E-state index contributed by atoms with van der Waals surface area (Å²) in [6, 6.07) is 5.91. The fraction of sp³-hybridized carbons (Fsp3) is 0.389. The molecule has 1 amide bonds. The molecule has 7 heteroatoms. The summed E-state index contributed by atoms with van der Waals surface area (Å²) < 4.78 is 2.45. The number of benzene rings is 1. The van der Waals surface area contributed by atoms with Crippen molar-refractivity contribution in [3.8, 4) is 0 Å². The standard InChI is InChI=1S/C18H21N5OS/c1-11-21-22-18(25)23(11)9-8-19-17(24)12-6-7-16-14(10-12)13-4-2-3-5-15(13)20-16/h6-7,10,20H,2-5,8-9H2,1H3,(H,19,24)(H,22,25). The molecule has 1 aliphatic carbocycles. The Morgan fingerprint density at radius 1 is 1.36 bits per heavy atom. The van der Waals surface area contributed by atoms with Crippen molar-refractivity contribution in [3.63, 3.8) is 0 Å². The van der Waals surface area contributed by atoms with Gasteiger partial charge in [0.1, 0.15) is 5.82 Å². The van der Waals surface area contributed by atoms with Gasteiger partial charge in [-0.1, -0.05) is 0 Å². The van der Waals surface area contributed by atoms with Gasteiger partial charge in [-0.15, -0.1) is 0 Å². The second-order valence-corrected chi connectivity index (χ2v) is 6.92. The highest BCUT2D eigenvalue weighted by Crippen LogP contribution is 2.29. The van der Waals surface area contributed by atoms with E-state index in [1.165, 1.54) is 29.5 Å². The summed E-state index contributed by atoms with van der Waals surface area (Å²) in [6.45, 7) is 3.00. The van der Waals surface area contributed by atoms with Crippen LogP contribution < -0.4 is 5.32 Å². The lowest BCUT2D eigenvalue weighted by Gasteiger charge is -2.10. The number of nitrogens with one attached hydrogen (secondary N) is 3. The summed E-state index contributed by atoms with van der Waals surface area (Å²) in [6.07, 6.45) is 4.67. The van der Waals surface area contributed by atoms with Crippen molar-refractivity contribution >= 4 is 29.0 Å². The number of amides is 1. The second kappa shape index (κ2) is 6.48. The number of carbonyl (C=O) groups is 1. The second-order valence-electron chi connectivity index (χ2n) is 6.53. The summed E-state index contributed by atoms with van der Waals surface area (Å²) in [7, 11) is 0. The van der Waals surface area contributed by atoms with E-state index >= 15 is 0 Å². The molecule has 3 aromatic rings. The van der Waals surface area contributed by atoms with Crippen LogP contribution in [0.3, 0.4) is 0 Å². The summed E-state index contributed by atoms with van der Waals surface area (Å²) in [4.78, 5) is 16.0. The largest absolute Gasteiger partial charge is 0.358 e. The third kappa shape index (κ3) is 3.00. The fourth-order valence-electron chi connectivity index (χ4n) is 3.59. The molecule has 1 aromatic carbocycles. The van der Waals surface area contributed by atoms with Crippen molar-refractivity contribution in [2.45, 2.75) is 39.2 Å². The van der Waals surface area contributed by atoms with E-state index in [9.17, 15) is 4.79 Å². The summed E-state index contributed by atoms with van der Waals surface area (Å²) >= 11 is 5.17. The van der Waals surface area contributed by atoms with Gasteiger partial charge >= 0.3 is 0 Å². The van der Waals surface area contributed by atoms with Crippen molar-refractivity contribution in [2.24, 2.45) is 0 Å². The monoisotopic (exact) mass is 355 g/mol. The summed E-state index contributed by atoms with van der Waals surface area (Å²) in [5.41, 5.74) is 4.55. The minimum absolute atomic E-state index is 0.0553. The highest BCUT2D eigenvalue weighted by atomic mass is 32.1. The molecule has 6 nitrogen and oxygen atoms in total. The third-order valence-corrected chi connectivity index (χ3v) is 5.24. The van der Waals surface area contributed by atoms with E-state index in [4.69, 9.17) is 12.2 Å². The van der Waals surface area contributed by atoms with Gasteiger partial charge < -0.3 is 14.9 Å². The number of nitrogens with zero attached hydrogens (tertiary/aromatic N) is 2. The molecule has 0 radical (unpaired) electrons. The zero-order chi connectivity index (χ0) is 17.4. The van der Waals surface area contributed by atoms with E-state index in [1.54, 1.807) is 0 Å². The number of H-pyrrole nitrogens is 2. The molecule has 25 heavy (non-hydrogen) atoms. The SMILES string of the molecule is Cc1n[nH]c(=S)n1CCNC(=O)c1ccc2[nH]c3c(c2c1)CCCC3. The van der Waals surface area contributed by atoms with Gasteiger partial charge in [-0.2, -0.15) is 5.10 Å². The van der Waals surface area contributed by atoms with Gasteiger partial charge in [0.05, 0.1) is 0 Å². The quantitative estimate of drug-likeness (QED) is 0.630. The molecule has 0 saturated carbocycles. The Labute approximate surface area is 150 Å². The van der Waals surface area contributed by atoms with Crippen LogP contribution >= 0.6 is 12.2 Å². The molecule has 3 N–H and O–H groups in total. The van der Waals surface area contributed by atoms with Gasteiger partial charge in [0.2, 0.25) is 0 Å². The normalized spacial score (nSPS) is 13.8. The first-order valence-electron chi connectivity index (χ1n) is 8.67. The van der Waals surface area contributed by atoms with Gasteiger partial charge in [-0.3, -0.25) is 9.89 Å². The summed E-state index contributed by atoms with van der Waals surface area (Å²) in [5, 5.41) is 11.0. The van der Waals surface area contributed by atoms with E-state index in [0.717, 1.165) is 24.2 Å². The van der Waals surface area contributed by atoms with Crippen LogP contribution in [0.25, 0.3) is 10.9 Å². The molecule has 0 unspecified atom stereocenters. The van der Waals surface area contributed by atoms with E-state index in [2.05, 4.69) is 20.5 Å². The zero-order valence-corrected chi connectivity index (χ0v) is 15.0. The number of aromatic nitrogens is 4. The topological polar surface area (TPSA) is 78.5 Å². The number of hydrogen-bond donors (Lipinski definition) is 3. The van der Waals surface area contributed by atoms with Crippen LogP contribution in [0, 0.1) is 11.7 Å². The molecule has 0 bridgehead atoms. The molecule has 2 aromatic heterocycles. The van der Waals surface area contributed by atoms with Gasteiger partial charge in [0, 0.05) is 35.2 Å². The smallest absolute Gasteiger partial charge is 0.251 e. The number of fused-ring (bicyclic) bond motifs is 3. The Balaban J connectivity index is 1.49. The lowest BCUT2D eigenvalue weighted by Crippen LogP contribution is -2.27. The van der Waals surface area contributed by atoms with Crippen molar-refractivity contribution in [2.75, 3.05) is 6.54 Å². The molecule has 0 spiro atoms. The Morgan fingerprint density at radius 3 is 3.00 bits per heavy atom. The van der Waals surface area contributed by atoms with Crippen molar-refractivity contribution in [1.82, 2.24) is 25.1 Å². The van der Waals surface area contributed by atoms with Gasteiger partial charge in [-0.05, 0) is 68.6 Å². The number of carbonyl (C=O) groups excluding carboxylic acids is 1. The molecule has 0 saturated heterocycles. The van der Waals surface area contributed by atoms with Gasteiger partial charge in [0.25, 0.3) is 5.91 Å². The van der Waals surface area contributed by atoms with Gasteiger partial charge in [0.15, 0.2) is 4.77 Å². The maximum atomic E-state index is 12.5. The summed E-state index contributed by atoms with van der Waals surface area (Å²) in [5.74, 6) is 0.764. The molecular weight excluding hydrogens is 334 g/mol. The molecule has 0 aliphatic heterocycles. The lowest BCUT2D eigenvalue weighted by atomic mass is 9.95. The average molecular weight is 355 g/mol. The first-order valence-corrected chi connectivity index (χ1v) is 9.08. The molecule has 2 heterocycles. The molecule has 4 rings (SSSR count). The van der Waals surface area contributed by atoms with Crippen LogP contribution in [-0.4, -0.2) is 32.2 Å². The predicted molar refractivity (Wildman–Crippen MR) is 99.4 cm³/mol. The lowest BCUT2D eigenvalue weighted by molar-refractivity contribution is 0.0952. The number of aromatic amines is 2. The number of hydrogen-bond acceptors (Lipinski definition) is 3. The van der Waals surface area contributed by atoms with Crippen molar-refractivity contribution in [1.29, 1.82) is 0 Å². The van der Waals surface area contributed by atoms with E-state index < -0.39 is 0 Å². The molecule has 1 aliphatic rings. The van der Waals surface area contributed by atoms with Crippen LogP contribution in [-0.2, 0) is 19.4 Å². The minimum Gasteiger partial charge on any atom is -0.358 e. The fourth-order valence-corrected chi connectivity index (χ4v) is 3.86. The van der Waals surface area contributed by atoms with Gasteiger partial charge in [-0.25, -0.2) is 0 Å². The Morgan fingerprint density at radius 2 is 2.20 bits per heavy atom. The van der Waals surface area contributed by atoms with Crippen LogP contribution in [0.15, 0.2) is 18.2 Å². The molecule has 0 atom stereocenters. The maximum absolute atomic E-state index is 12.5. The highest BCUT2D eigenvalue weighted by Gasteiger charge is 2.16. The zero-order valence-electron chi connectivity index (χ0n) is 14.2. The van der Waals surface area contributed by atoms with Crippen LogP contribution in [0.1, 0.15) is 40.3 Å². The van der Waals surface area contributed by atoms with Crippen molar-refractivity contribution < 1.29 is 4.79 Å². The third-order valence-electron chi connectivity index (χ3n) is 4.93. The van der Waals surface area contributed by atoms with Crippen molar-refractivity contribution in [3.05, 3.63) is 45.6 Å². The predicted octanol–water partition coefficient (Wildman–Crippen LogP) is 3.04. The van der Waals surface area contributed by atoms with E-state index in [0.29, 0.717) is 23.4 Å². The Kier molecular flexibility index (Phi) is 4.17. The van der Waals surface area contributed by atoms with Crippen LogP contribution in [0.2, 0.25) is 0 Å². The van der Waals surface area contributed by atoms with Crippen LogP contribution in [0.5, 0.6) is 0 Å². The van der Waals surface area contributed by atoms with Crippen LogP contribution in [0.4, 0.5) is 0 Å². The first kappa shape index (κ1) is 16.1. The Bertz CT molecular complexity index is 997. The molecule has 0 fully saturated rings. The maximum Gasteiger partial charge on any atom is 0.251 e. The van der Waals surface area contributed by atoms with E-state index in [1.807, 2.05) is 29.7 Å². The average Bonchev–Trinajstić information content (AvgIpc) is 3.15. The number of aryl methyl sites for hydroxylation is 3. The van der Waals surface area contributed by atoms with E-state index in [-0.39, 0.29) is 5.91 Å². The molecule has 130 valence electrons.